The van der Waals surface area contributed by atoms with Gasteiger partial charge in [-0.2, -0.15) is 11.3 Å². The Bertz CT molecular complexity index is 2280. The van der Waals surface area contributed by atoms with Crippen LogP contribution >= 0.6 is 22.7 Å². The molecule has 1 radical (unpaired) electrons. The van der Waals surface area contributed by atoms with Gasteiger partial charge in [-0.25, -0.2) is 0 Å². The van der Waals surface area contributed by atoms with E-state index in [1.165, 1.54) is 55.9 Å². The Labute approximate surface area is 288 Å². The van der Waals surface area contributed by atoms with Gasteiger partial charge in [0.05, 0.1) is 0 Å². The SMILES string of the molecule is Cc1ccc2c(c1)sc1c(-c3cc4sc5c(C)cccc5c4cn3)[c-]ccc12.[CH3][Ge]([CH3])([CH3])[c]1ccc(-c2[c-]cccc2)nc1.[Ir]. The van der Waals surface area contributed by atoms with Crippen LogP contribution in [0, 0.1) is 26.0 Å². The van der Waals surface area contributed by atoms with E-state index >= 15 is 0 Å². The van der Waals surface area contributed by atoms with Crippen LogP contribution in [-0.2, 0) is 20.1 Å². The van der Waals surface area contributed by atoms with Gasteiger partial charge in [0.25, 0.3) is 0 Å². The Morgan fingerprint density at radius 1 is 0.622 bits per heavy atom. The fraction of sp³-hybridized carbons (Fsp3) is 0.128. The number of rotatable bonds is 3. The average molecular weight is 858 g/mol. The summed E-state index contributed by atoms with van der Waals surface area (Å²) in [7, 11) is 0. The number of aryl methyl sites for hydroxylation is 2. The fourth-order valence-electron chi connectivity index (χ4n) is 5.56. The number of hydrogen-bond donors (Lipinski definition) is 0. The molecule has 0 spiro atoms. The monoisotopic (exact) mass is 859 g/mol. The Kier molecular flexibility index (Phi) is 9.11. The summed E-state index contributed by atoms with van der Waals surface area (Å²) in [5.41, 5.74) is 6.81. The molecular formula is C39H32GeIrN2S2-2. The second kappa shape index (κ2) is 12.9. The number of benzene rings is 4. The van der Waals surface area contributed by atoms with Gasteiger partial charge in [-0.3, -0.25) is 0 Å². The van der Waals surface area contributed by atoms with Gasteiger partial charge in [-0.15, -0.1) is 35.1 Å². The largest absolute Gasteiger partial charge is 0 e. The molecule has 225 valence electrons. The minimum Gasteiger partial charge on any atom is 0 e. The van der Waals surface area contributed by atoms with Crippen LogP contribution in [0.3, 0.4) is 0 Å². The first-order valence-electron chi connectivity index (χ1n) is 14.8. The van der Waals surface area contributed by atoms with Crippen molar-refractivity contribution >= 4 is 80.7 Å². The van der Waals surface area contributed by atoms with Crippen molar-refractivity contribution in [2.75, 3.05) is 0 Å². The molecule has 4 aromatic heterocycles. The molecule has 4 heterocycles. The molecule has 8 aromatic rings. The van der Waals surface area contributed by atoms with Crippen molar-refractivity contribution in [1.29, 1.82) is 0 Å². The van der Waals surface area contributed by atoms with Crippen LogP contribution in [0.25, 0.3) is 62.9 Å². The van der Waals surface area contributed by atoms with E-state index in [-0.39, 0.29) is 20.1 Å². The molecule has 4 aromatic carbocycles. The summed E-state index contributed by atoms with van der Waals surface area (Å²) in [4.78, 5) is 9.38. The summed E-state index contributed by atoms with van der Waals surface area (Å²) in [6, 6.07) is 38.6. The molecule has 0 saturated heterocycles. The first kappa shape index (κ1) is 31.8. The fourth-order valence-corrected chi connectivity index (χ4v) is 10.2. The van der Waals surface area contributed by atoms with Crippen LogP contribution in [0.2, 0.25) is 17.3 Å². The Hall–Kier alpha value is -3.19. The van der Waals surface area contributed by atoms with Crippen LogP contribution < -0.4 is 4.40 Å². The molecule has 8 rings (SSSR count). The molecular weight excluding hydrogens is 825 g/mol. The first-order valence-corrected chi connectivity index (χ1v) is 23.8. The van der Waals surface area contributed by atoms with E-state index in [2.05, 4.69) is 109 Å². The van der Waals surface area contributed by atoms with Crippen LogP contribution in [0.5, 0.6) is 0 Å². The number of fused-ring (bicyclic) bond motifs is 6. The standard InChI is InChI=1S/C25H16NS2.C14H16GeN.Ir/c1-14-9-10-16-17-7-4-8-19(25(17)28-22(16)11-14)21-12-23-20(13-26-21)18-6-3-5-15(2)24(18)27-23;1-15(2,3)13-9-10-14(16-11-13)12-7-5-4-6-8-12;/h3-7,9-13H,1-2H3;4-7,9-11H,1-3H3;/q2*-1;. The minimum atomic E-state index is -1.72. The van der Waals surface area contributed by atoms with E-state index in [1.807, 2.05) is 65.4 Å². The van der Waals surface area contributed by atoms with Crippen molar-refractivity contribution in [2.24, 2.45) is 0 Å². The molecule has 0 fully saturated rings. The van der Waals surface area contributed by atoms with Gasteiger partial charge in [0.15, 0.2) is 0 Å². The molecule has 0 bridgehead atoms. The molecule has 0 aliphatic carbocycles. The van der Waals surface area contributed by atoms with Gasteiger partial charge in [0.2, 0.25) is 0 Å². The van der Waals surface area contributed by atoms with E-state index in [9.17, 15) is 0 Å². The predicted octanol–water partition coefficient (Wildman–Crippen LogP) is 11.0. The molecule has 6 heteroatoms. The van der Waals surface area contributed by atoms with Crippen LogP contribution in [0.1, 0.15) is 11.1 Å². The zero-order valence-electron chi connectivity index (χ0n) is 25.9. The minimum absolute atomic E-state index is 0. The van der Waals surface area contributed by atoms with Crippen molar-refractivity contribution in [3.05, 3.63) is 127 Å². The summed E-state index contributed by atoms with van der Waals surface area (Å²) < 4.78 is 6.69. The van der Waals surface area contributed by atoms with Crippen LogP contribution in [0.15, 0.2) is 103 Å². The smallest absolute Gasteiger partial charge is 0 e. The zero-order valence-corrected chi connectivity index (χ0v) is 32.0. The van der Waals surface area contributed by atoms with E-state index in [0.717, 1.165) is 22.5 Å². The summed E-state index contributed by atoms with van der Waals surface area (Å²) in [5.74, 6) is 7.14. The number of nitrogens with zero attached hydrogens (tertiary/aromatic N) is 2. The molecule has 45 heavy (non-hydrogen) atoms. The number of aromatic nitrogens is 2. The van der Waals surface area contributed by atoms with Crippen molar-refractivity contribution in [3.63, 3.8) is 0 Å². The maximum absolute atomic E-state index is 4.85. The number of thiophene rings is 2. The van der Waals surface area contributed by atoms with E-state index in [1.54, 1.807) is 0 Å². The summed E-state index contributed by atoms with van der Waals surface area (Å²) >= 11 is 1.99. The van der Waals surface area contributed by atoms with E-state index in [4.69, 9.17) is 4.98 Å². The summed E-state index contributed by atoms with van der Waals surface area (Å²) in [6.45, 7) is 4.33. The molecule has 0 unspecified atom stereocenters. The molecule has 0 saturated carbocycles. The Morgan fingerprint density at radius 3 is 2.16 bits per heavy atom. The van der Waals surface area contributed by atoms with E-state index < -0.39 is 13.3 Å². The molecule has 0 amide bonds. The van der Waals surface area contributed by atoms with Crippen molar-refractivity contribution < 1.29 is 20.1 Å². The molecule has 0 N–H and O–H groups in total. The number of hydrogen-bond acceptors (Lipinski definition) is 4. The predicted molar refractivity (Wildman–Crippen MR) is 195 cm³/mol. The van der Waals surface area contributed by atoms with Crippen molar-refractivity contribution in [3.8, 4) is 22.5 Å². The second-order valence-electron chi connectivity index (χ2n) is 12.3. The van der Waals surface area contributed by atoms with Gasteiger partial charge in [0, 0.05) is 51.2 Å². The Morgan fingerprint density at radius 2 is 1.40 bits per heavy atom. The molecule has 0 aliphatic heterocycles. The first-order chi connectivity index (χ1) is 21.3. The molecule has 2 nitrogen and oxygen atoms in total. The second-order valence-corrected chi connectivity index (χ2v) is 25.0. The third-order valence-corrected chi connectivity index (χ3v) is 14.8. The van der Waals surface area contributed by atoms with Gasteiger partial charge in [-0.1, -0.05) is 41.8 Å². The molecule has 0 aliphatic rings. The van der Waals surface area contributed by atoms with Gasteiger partial charge in [-0.05, 0) is 46.8 Å². The van der Waals surface area contributed by atoms with Crippen molar-refractivity contribution in [1.82, 2.24) is 9.97 Å². The zero-order chi connectivity index (χ0) is 30.4. The maximum Gasteiger partial charge on any atom is 0 e. The molecule has 0 atom stereocenters. The third-order valence-electron chi connectivity index (χ3n) is 8.04. The van der Waals surface area contributed by atoms with Crippen LogP contribution in [0.4, 0.5) is 0 Å². The maximum atomic E-state index is 4.85. The Balaban J connectivity index is 0.000000181. The topological polar surface area (TPSA) is 25.8 Å². The quantitative estimate of drug-likeness (QED) is 0.131. The van der Waals surface area contributed by atoms with Gasteiger partial charge in [0.1, 0.15) is 0 Å². The van der Waals surface area contributed by atoms with Gasteiger partial charge < -0.3 is 4.98 Å². The third kappa shape index (κ3) is 6.30. The number of pyridine rings is 2. The van der Waals surface area contributed by atoms with Gasteiger partial charge >= 0.3 is 99.8 Å². The van der Waals surface area contributed by atoms with Crippen LogP contribution in [-0.4, -0.2) is 23.2 Å². The normalized spacial score (nSPS) is 11.5. The van der Waals surface area contributed by atoms with Crippen molar-refractivity contribution in [2.45, 2.75) is 31.1 Å². The van der Waals surface area contributed by atoms with E-state index in [0.29, 0.717) is 0 Å². The summed E-state index contributed by atoms with van der Waals surface area (Å²) in [5, 5.41) is 5.16. The average Bonchev–Trinajstić information content (AvgIpc) is 3.60. The summed E-state index contributed by atoms with van der Waals surface area (Å²) in [6.07, 6.45) is 4.07.